The van der Waals surface area contributed by atoms with Crippen molar-refractivity contribution >= 4 is 19.5 Å². The second kappa shape index (κ2) is 6.86. The summed E-state index contributed by atoms with van der Waals surface area (Å²) < 4.78 is 10.2. The average molecular weight is 222 g/mol. The third kappa shape index (κ3) is 4.13. The largest absolute Gasteiger partial charge is 0.478 e. The molecule has 0 fully saturated rings. The molecule has 0 saturated carbocycles. The van der Waals surface area contributed by atoms with Crippen LogP contribution in [0.2, 0.25) is 0 Å². The van der Waals surface area contributed by atoms with Crippen molar-refractivity contribution in [1.82, 2.24) is 0 Å². The Bertz CT molecular complexity index is 201. The van der Waals surface area contributed by atoms with E-state index in [1.54, 1.807) is 0 Å². The van der Waals surface area contributed by atoms with E-state index in [1.807, 2.05) is 6.92 Å². The summed E-state index contributed by atoms with van der Waals surface area (Å²) in [5.74, 6) is -1.88. The van der Waals surface area contributed by atoms with E-state index in [1.165, 1.54) is 27.2 Å². The van der Waals surface area contributed by atoms with Crippen LogP contribution in [0.1, 0.15) is 20.3 Å². The lowest BCUT2D eigenvalue weighted by atomic mass is 10.1. The predicted octanol–water partition coefficient (Wildman–Crippen LogP) is 1.53. The average Bonchev–Trinajstić information content (AvgIpc) is 2.14. The first kappa shape index (κ1) is 15.9. The van der Waals surface area contributed by atoms with Gasteiger partial charge in [0.1, 0.15) is 0 Å². The molecule has 0 rings (SSSR count). The highest BCUT2D eigenvalue weighted by atomic mass is 32.1. The summed E-state index contributed by atoms with van der Waals surface area (Å²) in [6.07, 6.45) is 2.03. The van der Waals surface area contributed by atoms with Gasteiger partial charge in [-0.2, -0.15) is 13.5 Å². The molecule has 0 aromatic heterocycles. The van der Waals surface area contributed by atoms with Crippen molar-refractivity contribution in [2.24, 2.45) is 0 Å². The summed E-state index contributed by atoms with van der Waals surface area (Å²) in [6.45, 7) is 3.36. The molecule has 0 atom stereocenters. The zero-order valence-electron chi connectivity index (χ0n) is 8.96. The third-order valence-corrected chi connectivity index (χ3v) is 1.96. The summed E-state index contributed by atoms with van der Waals surface area (Å²) in [5.41, 5.74) is 0.213. The molecule has 0 radical (unpaired) electrons. The van der Waals surface area contributed by atoms with Crippen LogP contribution in [-0.2, 0) is 14.3 Å². The number of rotatable bonds is 5. The number of hydrogen-bond donors (Lipinski definition) is 1. The van der Waals surface area contributed by atoms with E-state index in [0.717, 1.165) is 0 Å². The first-order valence-corrected chi connectivity index (χ1v) is 4.04. The first-order valence-electron chi connectivity index (χ1n) is 4.04. The highest BCUT2D eigenvalue weighted by Gasteiger charge is 2.25. The molecule has 1 N–H and O–H groups in total. The molecule has 14 heavy (non-hydrogen) atoms. The normalized spacial score (nSPS) is 12.1. The maximum Gasteiger partial charge on any atom is 0.331 e. The summed E-state index contributed by atoms with van der Waals surface area (Å²) in [5, 5.41) is 8.65. The zero-order valence-corrected chi connectivity index (χ0v) is 9.96. The maximum absolute atomic E-state index is 10.5. The van der Waals surface area contributed by atoms with Crippen LogP contribution in [0.4, 0.5) is 0 Å². The fourth-order valence-corrected chi connectivity index (χ4v) is 0.984. The van der Waals surface area contributed by atoms with E-state index in [2.05, 4.69) is 0 Å². The molecule has 84 valence electrons. The van der Waals surface area contributed by atoms with Crippen molar-refractivity contribution in [3.63, 3.8) is 0 Å². The number of carboxylic acids is 1. The van der Waals surface area contributed by atoms with E-state index in [4.69, 9.17) is 14.6 Å². The smallest absolute Gasteiger partial charge is 0.331 e. The molecule has 0 spiro atoms. The molecule has 0 aromatic rings. The molecular weight excluding hydrogens is 204 g/mol. The Balaban J connectivity index is 0. The van der Waals surface area contributed by atoms with Gasteiger partial charge in [0.15, 0.2) is 5.79 Å². The minimum Gasteiger partial charge on any atom is -0.478 e. The van der Waals surface area contributed by atoms with Gasteiger partial charge >= 0.3 is 5.97 Å². The van der Waals surface area contributed by atoms with Crippen molar-refractivity contribution in [2.75, 3.05) is 14.2 Å². The third-order valence-electron chi connectivity index (χ3n) is 1.96. The van der Waals surface area contributed by atoms with Crippen LogP contribution < -0.4 is 0 Å². The summed E-state index contributed by atoms with van der Waals surface area (Å²) in [6, 6.07) is 0. The standard InChI is InChI=1S/C9H16O4.H2S/c1-5-9(12-3,13-4)6-7(2)8(10)11;/h6H,5H2,1-4H3,(H,10,11);1H2. The van der Waals surface area contributed by atoms with Gasteiger partial charge in [-0.15, -0.1) is 0 Å². The first-order chi connectivity index (χ1) is 6.01. The van der Waals surface area contributed by atoms with Gasteiger partial charge in [-0.3, -0.25) is 0 Å². The van der Waals surface area contributed by atoms with Crippen LogP contribution in [0.5, 0.6) is 0 Å². The lowest BCUT2D eigenvalue weighted by Crippen LogP contribution is -2.31. The van der Waals surface area contributed by atoms with Gasteiger partial charge in [-0.05, 0) is 13.0 Å². The molecule has 0 aliphatic heterocycles. The molecule has 0 heterocycles. The van der Waals surface area contributed by atoms with Crippen molar-refractivity contribution in [3.8, 4) is 0 Å². The number of hydrogen-bond acceptors (Lipinski definition) is 3. The van der Waals surface area contributed by atoms with Gasteiger partial charge in [0.25, 0.3) is 0 Å². The minimum atomic E-state index is -0.966. The van der Waals surface area contributed by atoms with Gasteiger partial charge < -0.3 is 14.6 Å². The van der Waals surface area contributed by atoms with Crippen LogP contribution >= 0.6 is 13.5 Å². The Morgan fingerprint density at radius 3 is 2.07 bits per heavy atom. The van der Waals surface area contributed by atoms with E-state index in [9.17, 15) is 4.79 Å². The van der Waals surface area contributed by atoms with Crippen molar-refractivity contribution in [1.29, 1.82) is 0 Å². The van der Waals surface area contributed by atoms with Crippen LogP contribution in [0.15, 0.2) is 11.6 Å². The van der Waals surface area contributed by atoms with Gasteiger partial charge in [0, 0.05) is 26.2 Å². The molecule has 4 nitrogen and oxygen atoms in total. The summed E-state index contributed by atoms with van der Waals surface area (Å²) in [7, 11) is 2.97. The van der Waals surface area contributed by atoms with E-state index in [0.29, 0.717) is 6.42 Å². The second-order valence-electron chi connectivity index (χ2n) is 2.71. The topological polar surface area (TPSA) is 55.8 Å². The SMILES string of the molecule is CCC(C=C(C)C(=O)O)(OC)OC.S. The van der Waals surface area contributed by atoms with E-state index in [-0.39, 0.29) is 19.1 Å². The number of carboxylic acid groups (broad SMARTS) is 1. The second-order valence-corrected chi connectivity index (χ2v) is 2.71. The Labute approximate surface area is 91.3 Å². The Kier molecular flexibility index (Phi) is 7.81. The highest BCUT2D eigenvalue weighted by molar-refractivity contribution is 7.59. The fourth-order valence-electron chi connectivity index (χ4n) is 0.984. The lowest BCUT2D eigenvalue weighted by molar-refractivity contribution is -0.172. The van der Waals surface area contributed by atoms with Gasteiger partial charge in [-0.25, -0.2) is 4.79 Å². The van der Waals surface area contributed by atoms with Crippen molar-refractivity contribution in [3.05, 3.63) is 11.6 Å². The van der Waals surface area contributed by atoms with Gasteiger partial charge in [-0.1, -0.05) is 6.92 Å². The van der Waals surface area contributed by atoms with Crippen molar-refractivity contribution in [2.45, 2.75) is 26.1 Å². The van der Waals surface area contributed by atoms with E-state index < -0.39 is 11.8 Å². The molecule has 0 aliphatic carbocycles. The lowest BCUT2D eigenvalue weighted by Gasteiger charge is -2.26. The molecule has 0 amide bonds. The molecular formula is C9H18O4S. The molecule has 0 aromatic carbocycles. The quantitative estimate of drug-likeness (QED) is 0.566. The van der Waals surface area contributed by atoms with E-state index >= 15 is 0 Å². The number of ether oxygens (including phenoxy) is 2. The number of methoxy groups -OCH3 is 2. The van der Waals surface area contributed by atoms with Crippen LogP contribution in [0.3, 0.4) is 0 Å². The van der Waals surface area contributed by atoms with Crippen LogP contribution in [0.25, 0.3) is 0 Å². The summed E-state index contributed by atoms with van der Waals surface area (Å²) >= 11 is 0. The van der Waals surface area contributed by atoms with Gasteiger partial charge in [0.05, 0.1) is 0 Å². The van der Waals surface area contributed by atoms with Crippen LogP contribution in [0, 0.1) is 0 Å². The van der Waals surface area contributed by atoms with Crippen LogP contribution in [-0.4, -0.2) is 31.1 Å². The van der Waals surface area contributed by atoms with Gasteiger partial charge in [0.2, 0.25) is 0 Å². The Morgan fingerprint density at radius 2 is 1.86 bits per heavy atom. The predicted molar refractivity (Wildman–Crippen MR) is 58.8 cm³/mol. The molecule has 0 bridgehead atoms. The molecule has 0 saturated heterocycles. The highest BCUT2D eigenvalue weighted by Crippen LogP contribution is 2.19. The maximum atomic E-state index is 10.5. The summed E-state index contributed by atoms with van der Waals surface area (Å²) in [4.78, 5) is 10.5. The Morgan fingerprint density at radius 1 is 1.43 bits per heavy atom. The fraction of sp³-hybridized carbons (Fsp3) is 0.667. The van der Waals surface area contributed by atoms with Crippen molar-refractivity contribution < 1.29 is 19.4 Å². The molecule has 0 aliphatic rings. The number of aliphatic carboxylic acids is 1. The molecule has 5 heteroatoms. The minimum absolute atomic E-state index is 0. The Hall–Kier alpha value is -0.520. The molecule has 0 unspecified atom stereocenters. The zero-order chi connectivity index (χ0) is 10.5. The number of carbonyl (C=O) groups is 1. The monoisotopic (exact) mass is 222 g/mol.